The van der Waals surface area contributed by atoms with Crippen LogP contribution in [-0.2, 0) is 31.4 Å². The van der Waals surface area contributed by atoms with Gasteiger partial charge >= 0.3 is 0 Å². The second-order valence-electron chi connectivity index (χ2n) is 9.42. The van der Waals surface area contributed by atoms with Crippen molar-refractivity contribution in [2.45, 2.75) is 30.5 Å². The van der Waals surface area contributed by atoms with E-state index in [1.165, 1.54) is 11.8 Å². The van der Waals surface area contributed by atoms with Crippen molar-refractivity contribution in [1.29, 1.82) is 0 Å². The molecule has 1 atom stereocenters. The summed E-state index contributed by atoms with van der Waals surface area (Å²) in [4.78, 5) is 28.6. The zero-order valence-electron chi connectivity index (χ0n) is 22.1. The molecule has 0 saturated heterocycles. The van der Waals surface area contributed by atoms with Gasteiger partial charge in [-0.25, -0.2) is 0 Å². The molecule has 2 heterocycles. The molecule has 2 aromatic carbocycles. The number of rotatable bonds is 12. The topological polar surface area (TPSA) is 96.9 Å². The second-order valence-corrected chi connectivity index (χ2v) is 10.9. The van der Waals surface area contributed by atoms with Crippen LogP contribution in [0.1, 0.15) is 16.9 Å². The Morgan fingerprint density at radius 2 is 1.97 bits per heavy atom. The van der Waals surface area contributed by atoms with E-state index in [0.717, 1.165) is 16.2 Å². The van der Waals surface area contributed by atoms with Gasteiger partial charge in [0.25, 0.3) is 0 Å². The maximum Gasteiger partial charge on any atom is 0.224 e. The van der Waals surface area contributed by atoms with Crippen molar-refractivity contribution in [2.75, 3.05) is 26.5 Å². The molecule has 0 bridgehead atoms. The number of nitrogens with one attached hydrogen (secondary N) is 1. The van der Waals surface area contributed by atoms with E-state index in [-0.39, 0.29) is 17.8 Å². The third-order valence-corrected chi connectivity index (χ3v) is 7.62. The molecule has 2 N–H and O–H groups in total. The predicted molar refractivity (Wildman–Crippen MR) is 155 cm³/mol. The average Bonchev–Trinajstić information content (AvgIpc) is 3.34. The summed E-state index contributed by atoms with van der Waals surface area (Å²) in [6.07, 6.45) is 1.04. The van der Waals surface area contributed by atoms with E-state index in [9.17, 15) is 14.7 Å². The molecule has 4 aromatic rings. The summed E-state index contributed by atoms with van der Waals surface area (Å²) in [6.45, 7) is 1.19. The molecule has 0 fully saturated rings. The van der Waals surface area contributed by atoms with E-state index in [1.807, 2.05) is 48.3 Å². The summed E-state index contributed by atoms with van der Waals surface area (Å²) in [5.74, 6) is 1.65. The van der Waals surface area contributed by atoms with Gasteiger partial charge in [0.1, 0.15) is 11.5 Å². The minimum absolute atomic E-state index is 0.0350. The number of hydrogen-bond donors (Lipinski definition) is 2. The normalized spacial score (nSPS) is 12.2. The molecule has 206 valence electrons. The van der Waals surface area contributed by atoms with Crippen LogP contribution >= 0.6 is 23.4 Å². The Labute approximate surface area is 236 Å². The van der Waals surface area contributed by atoms with Gasteiger partial charge in [0.15, 0.2) is 5.43 Å². The van der Waals surface area contributed by atoms with E-state index in [1.54, 1.807) is 43.1 Å². The largest absolute Gasteiger partial charge is 0.496 e. The van der Waals surface area contributed by atoms with Gasteiger partial charge in [-0.15, -0.1) is 11.8 Å². The van der Waals surface area contributed by atoms with E-state index in [4.69, 9.17) is 20.8 Å². The average molecular weight is 570 g/mol. The summed E-state index contributed by atoms with van der Waals surface area (Å²) in [5.41, 5.74) is 1.53. The smallest absolute Gasteiger partial charge is 0.224 e. The number of benzene rings is 2. The molecular weight excluding hydrogens is 538 g/mol. The van der Waals surface area contributed by atoms with Crippen LogP contribution in [0.15, 0.2) is 74.9 Å². The fraction of sp³-hybridized carbons (Fsp3) is 0.310. The van der Waals surface area contributed by atoms with E-state index < -0.39 is 6.10 Å². The Balaban J connectivity index is 1.35. The monoisotopic (exact) mass is 569 g/mol. The number of nitrogens with zero attached hydrogens (tertiary/aromatic N) is 2. The fourth-order valence-corrected chi connectivity index (χ4v) is 5.36. The first-order valence-corrected chi connectivity index (χ1v) is 13.8. The Bertz CT molecular complexity index is 1480. The standard InChI is InChI=1S/C29H32ClN3O5S/c1-32(16-22(34)18-39-26-7-5-4-6-25(26)37-3)17-23-13-24-28(36)20(15-33(2)29(24)38-23)12-27(35)31-14-19-8-10-21(30)11-9-19/h4-11,13,15,22,34H,12,14,16-18H2,1-3H3,(H,31,35). The Morgan fingerprint density at radius 3 is 2.72 bits per heavy atom. The number of furan rings is 1. The highest BCUT2D eigenvalue weighted by Crippen LogP contribution is 2.29. The highest BCUT2D eigenvalue weighted by atomic mass is 35.5. The molecule has 8 nitrogen and oxygen atoms in total. The number of methoxy groups -OCH3 is 1. The SMILES string of the molecule is COc1ccccc1SCC(O)CN(C)Cc1cc2c(=O)c(CC(=O)NCc3ccc(Cl)cc3)cn(C)c2o1. The first-order chi connectivity index (χ1) is 18.7. The molecule has 10 heteroatoms. The Hall–Kier alpha value is -3.24. The van der Waals surface area contributed by atoms with Crippen LogP contribution in [0.5, 0.6) is 5.75 Å². The number of aliphatic hydroxyl groups is 1. The van der Waals surface area contributed by atoms with Gasteiger partial charge in [-0.1, -0.05) is 35.9 Å². The third-order valence-electron chi connectivity index (χ3n) is 6.17. The summed E-state index contributed by atoms with van der Waals surface area (Å²) in [6, 6.07) is 16.7. The molecule has 0 aliphatic heterocycles. The number of pyridine rings is 1. The molecule has 2 aromatic heterocycles. The van der Waals surface area contributed by atoms with E-state index >= 15 is 0 Å². The van der Waals surface area contributed by atoms with Gasteiger partial charge in [0.05, 0.1) is 31.6 Å². The number of aromatic nitrogens is 1. The van der Waals surface area contributed by atoms with Crippen LogP contribution in [0.25, 0.3) is 11.1 Å². The lowest BCUT2D eigenvalue weighted by atomic mass is 10.1. The van der Waals surface area contributed by atoms with Gasteiger partial charge < -0.3 is 24.1 Å². The molecule has 1 amide bonds. The van der Waals surface area contributed by atoms with E-state index in [2.05, 4.69) is 5.32 Å². The highest BCUT2D eigenvalue weighted by molar-refractivity contribution is 7.99. The Kier molecular flexibility index (Phi) is 9.74. The molecule has 39 heavy (non-hydrogen) atoms. The van der Waals surface area contributed by atoms with Crippen molar-refractivity contribution >= 4 is 40.4 Å². The minimum atomic E-state index is -0.571. The number of halogens is 1. The van der Waals surface area contributed by atoms with Crippen molar-refractivity contribution in [2.24, 2.45) is 7.05 Å². The molecule has 0 radical (unpaired) electrons. The number of ether oxygens (including phenoxy) is 1. The van der Waals surface area contributed by atoms with Crippen LogP contribution in [0.4, 0.5) is 0 Å². The number of aryl methyl sites for hydroxylation is 1. The molecule has 0 saturated carbocycles. The Morgan fingerprint density at radius 1 is 1.23 bits per heavy atom. The number of amides is 1. The van der Waals surface area contributed by atoms with Gasteiger partial charge in [-0.05, 0) is 42.9 Å². The van der Waals surface area contributed by atoms with Crippen molar-refractivity contribution in [1.82, 2.24) is 14.8 Å². The molecule has 1 unspecified atom stereocenters. The number of para-hydroxylation sites is 1. The van der Waals surface area contributed by atoms with Crippen molar-refractivity contribution in [3.05, 3.63) is 92.9 Å². The van der Waals surface area contributed by atoms with Gasteiger partial charge in [0.2, 0.25) is 11.6 Å². The summed E-state index contributed by atoms with van der Waals surface area (Å²) in [7, 11) is 5.30. The number of hydrogen-bond acceptors (Lipinski definition) is 7. The van der Waals surface area contributed by atoms with Crippen LogP contribution in [0, 0.1) is 0 Å². The van der Waals surface area contributed by atoms with Gasteiger partial charge in [-0.2, -0.15) is 0 Å². The lowest BCUT2D eigenvalue weighted by Gasteiger charge is -2.19. The quantitative estimate of drug-likeness (QED) is 0.246. The number of thioether (sulfide) groups is 1. The summed E-state index contributed by atoms with van der Waals surface area (Å²) in [5, 5.41) is 14.5. The first kappa shape index (κ1) is 28.8. The van der Waals surface area contributed by atoms with Crippen molar-refractivity contribution < 1.29 is 19.1 Å². The highest BCUT2D eigenvalue weighted by Gasteiger charge is 2.17. The lowest BCUT2D eigenvalue weighted by molar-refractivity contribution is -0.120. The van der Waals surface area contributed by atoms with E-state index in [0.29, 0.717) is 52.8 Å². The number of aliphatic hydroxyl groups excluding tert-OH is 1. The first-order valence-electron chi connectivity index (χ1n) is 12.5. The number of likely N-dealkylation sites (N-methyl/N-ethyl adjacent to an activating group) is 1. The van der Waals surface area contributed by atoms with Gasteiger partial charge in [-0.3, -0.25) is 14.5 Å². The summed E-state index contributed by atoms with van der Waals surface area (Å²) < 4.78 is 13.1. The third kappa shape index (κ3) is 7.67. The second kappa shape index (κ2) is 13.2. The maximum absolute atomic E-state index is 13.1. The maximum atomic E-state index is 13.1. The minimum Gasteiger partial charge on any atom is -0.496 e. The zero-order valence-corrected chi connectivity index (χ0v) is 23.7. The number of fused-ring (bicyclic) bond motifs is 1. The van der Waals surface area contributed by atoms with Gasteiger partial charge in [0, 0.05) is 47.6 Å². The number of carbonyl (C=O) groups is 1. The molecular formula is C29H32ClN3O5S. The molecule has 0 aliphatic rings. The van der Waals surface area contributed by atoms with Crippen LogP contribution in [0.2, 0.25) is 5.02 Å². The lowest BCUT2D eigenvalue weighted by Crippen LogP contribution is -2.30. The fourth-order valence-electron chi connectivity index (χ4n) is 4.29. The van der Waals surface area contributed by atoms with Crippen molar-refractivity contribution in [3.8, 4) is 5.75 Å². The predicted octanol–water partition coefficient (Wildman–Crippen LogP) is 4.24. The molecule has 0 aliphatic carbocycles. The zero-order chi connectivity index (χ0) is 27.9. The molecule has 0 spiro atoms. The molecule has 4 rings (SSSR count). The van der Waals surface area contributed by atoms with Crippen LogP contribution in [-0.4, -0.2) is 53.0 Å². The van der Waals surface area contributed by atoms with Crippen LogP contribution < -0.4 is 15.5 Å². The number of carbonyl (C=O) groups excluding carboxylic acids is 1. The van der Waals surface area contributed by atoms with Crippen molar-refractivity contribution in [3.63, 3.8) is 0 Å². The van der Waals surface area contributed by atoms with Crippen LogP contribution in [0.3, 0.4) is 0 Å². The summed E-state index contributed by atoms with van der Waals surface area (Å²) >= 11 is 7.44.